The smallest absolute Gasteiger partial charge is 0.277 e. The number of nitrogens with zero attached hydrogens (tertiary/aromatic N) is 3. The highest BCUT2D eigenvalue weighted by molar-refractivity contribution is 7.99. The van der Waals surface area contributed by atoms with E-state index in [-0.39, 0.29) is 5.91 Å². The number of carbonyl (C=O) groups excluding carboxylic acids is 1. The summed E-state index contributed by atoms with van der Waals surface area (Å²) in [5.41, 5.74) is 1.13. The number of thioether (sulfide) groups is 1. The highest BCUT2D eigenvalue weighted by atomic mass is 32.2. The molecule has 2 heterocycles. The Morgan fingerprint density at radius 2 is 2.00 bits per heavy atom. The van der Waals surface area contributed by atoms with Gasteiger partial charge in [-0.05, 0) is 5.56 Å². The maximum absolute atomic E-state index is 12.2. The summed E-state index contributed by atoms with van der Waals surface area (Å²) >= 11 is 1.32. The molecule has 0 saturated carbocycles. The number of hydrogen-bond acceptors (Lipinski definition) is 5. The third-order valence-corrected chi connectivity index (χ3v) is 4.74. The Bertz CT molecular complexity index is 639. The van der Waals surface area contributed by atoms with Crippen molar-refractivity contribution in [2.45, 2.75) is 11.6 Å². The number of aromatic nitrogens is 2. The van der Waals surface area contributed by atoms with Crippen LogP contribution in [0.15, 0.2) is 40.0 Å². The van der Waals surface area contributed by atoms with Gasteiger partial charge in [0.25, 0.3) is 5.22 Å². The van der Waals surface area contributed by atoms with Crippen LogP contribution in [-0.2, 0) is 11.2 Å². The van der Waals surface area contributed by atoms with E-state index in [1.54, 1.807) is 0 Å². The Balaban J connectivity index is 1.48. The number of piperazine rings is 1. The highest BCUT2D eigenvalue weighted by Crippen LogP contribution is 2.18. The molecule has 0 aliphatic carbocycles. The van der Waals surface area contributed by atoms with E-state index >= 15 is 0 Å². The molecule has 3 rings (SSSR count). The van der Waals surface area contributed by atoms with Crippen LogP contribution in [0.25, 0.3) is 0 Å². The molecule has 0 atom stereocenters. The van der Waals surface area contributed by atoms with Crippen molar-refractivity contribution in [3.8, 4) is 0 Å². The zero-order valence-electron chi connectivity index (χ0n) is 13.2. The van der Waals surface area contributed by atoms with Crippen LogP contribution < -0.4 is 4.90 Å². The van der Waals surface area contributed by atoms with E-state index in [2.05, 4.69) is 17.2 Å². The minimum atomic E-state index is 0.144. The summed E-state index contributed by atoms with van der Waals surface area (Å²) in [5, 5.41) is 8.52. The quantitative estimate of drug-likeness (QED) is 0.787. The molecule has 0 bridgehead atoms. The van der Waals surface area contributed by atoms with Crippen molar-refractivity contribution in [1.82, 2.24) is 15.1 Å². The van der Waals surface area contributed by atoms with Gasteiger partial charge in [0.15, 0.2) is 0 Å². The fraction of sp³-hybridized carbons (Fsp3) is 0.438. The highest BCUT2D eigenvalue weighted by Gasteiger charge is 2.21. The average molecular weight is 333 g/mol. The first kappa shape index (κ1) is 16.0. The summed E-state index contributed by atoms with van der Waals surface area (Å²) < 4.78 is 5.61. The van der Waals surface area contributed by atoms with E-state index in [1.807, 2.05) is 35.2 Å². The summed E-state index contributed by atoms with van der Waals surface area (Å²) in [4.78, 5) is 15.6. The van der Waals surface area contributed by atoms with Gasteiger partial charge in [-0.15, -0.1) is 10.2 Å². The third kappa shape index (κ3) is 4.56. The molecule has 7 heteroatoms. The number of likely N-dealkylation sites (N-methyl/N-ethyl adjacent to an activating group) is 1. The average Bonchev–Trinajstić information content (AvgIpc) is 3.02. The van der Waals surface area contributed by atoms with E-state index in [0.29, 0.717) is 23.3 Å². The second-order valence-corrected chi connectivity index (χ2v) is 6.68. The molecule has 23 heavy (non-hydrogen) atoms. The summed E-state index contributed by atoms with van der Waals surface area (Å²) in [7, 11) is 2.16. The van der Waals surface area contributed by atoms with Crippen LogP contribution in [-0.4, -0.2) is 60.0 Å². The molecule has 1 aliphatic heterocycles. The van der Waals surface area contributed by atoms with Crippen LogP contribution in [0.3, 0.4) is 0 Å². The number of rotatable bonds is 5. The number of carbonyl (C=O) groups is 1. The van der Waals surface area contributed by atoms with Crippen LogP contribution in [0.4, 0.5) is 0 Å². The normalized spacial score (nSPS) is 15.8. The molecule has 1 aromatic carbocycles. The molecule has 0 spiro atoms. The molecule has 0 unspecified atom stereocenters. The number of quaternary nitrogens is 1. The third-order valence-electron chi connectivity index (χ3n) is 3.94. The monoisotopic (exact) mass is 333 g/mol. The minimum Gasteiger partial charge on any atom is -0.416 e. The number of hydrogen-bond donors (Lipinski definition) is 1. The maximum atomic E-state index is 12.2. The van der Waals surface area contributed by atoms with Crippen LogP contribution in [0.1, 0.15) is 11.5 Å². The summed E-state index contributed by atoms with van der Waals surface area (Å²) in [6, 6.07) is 9.99. The van der Waals surface area contributed by atoms with Crippen molar-refractivity contribution in [3.05, 3.63) is 41.8 Å². The first-order valence-corrected chi connectivity index (χ1v) is 8.77. The molecule has 122 valence electrons. The summed E-state index contributed by atoms with van der Waals surface area (Å²) in [6.45, 7) is 3.68. The molecule has 1 N–H and O–H groups in total. The maximum Gasteiger partial charge on any atom is 0.277 e. The second kappa shape index (κ2) is 7.61. The van der Waals surface area contributed by atoms with Gasteiger partial charge in [-0.1, -0.05) is 42.1 Å². The minimum absolute atomic E-state index is 0.144. The Kier molecular flexibility index (Phi) is 5.30. The van der Waals surface area contributed by atoms with Gasteiger partial charge < -0.3 is 14.2 Å². The molecular formula is C16H21N4O2S+. The molecule has 0 radical (unpaired) electrons. The van der Waals surface area contributed by atoms with Crippen LogP contribution in [0, 0.1) is 0 Å². The van der Waals surface area contributed by atoms with Gasteiger partial charge in [-0.2, -0.15) is 0 Å². The number of benzene rings is 1. The van der Waals surface area contributed by atoms with E-state index in [0.717, 1.165) is 31.7 Å². The summed E-state index contributed by atoms with van der Waals surface area (Å²) in [5.74, 6) is 1.08. The van der Waals surface area contributed by atoms with Crippen LogP contribution in [0.5, 0.6) is 0 Å². The van der Waals surface area contributed by atoms with Crippen molar-refractivity contribution in [1.29, 1.82) is 0 Å². The van der Waals surface area contributed by atoms with Gasteiger partial charge in [-0.3, -0.25) is 4.79 Å². The molecule has 1 saturated heterocycles. The standard InChI is InChI=1S/C16H20N4O2S/c1-19-7-9-20(10-8-19)15(21)12-23-16-18-17-14(22-16)11-13-5-3-2-4-6-13/h2-6H,7-12H2,1H3/p+1. The van der Waals surface area contributed by atoms with Crippen molar-refractivity contribution < 1.29 is 14.1 Å². The van der Waals surface area contributed by atoms with E-state index in [9.17, 15) is 4.79 Å². The second-order valence-electron chi connectivity index (χ2n) is 5.75. The first-order chi connectivity index (χ1) is 11.2. The van der Waals surface area contributed by atoms with Gasteiger partial charge in [0.2, 0.25) is 11.8 Å². The van der Waals surface area contributed by atoms with E-state index in [4.69, 9.17) is 4.42 Å². The zero-order chi connectivity index (χ0) is 16.1. The zero-order valence-corrected chi connectivity index (χ0v) is 14.0. The first-order valence-electron chi connectivity index (χ1n) is 7.79. The van der Waals surface area contributed by atoms with Crippen molar-refractivity contribution in [2.75, 3.05) is 39.0 Å². The van der Waals surface area contributed by atoms with E-state index < -0.39 is 0 Å². The number of nitrogens with one attached hydrogen (secondary N) is 1. The fourth-order valence-electron chi connectivity index (χ4n) is 2.49. The molecule has 1 amide bonds. The van der Waals surface area contributed by atoms with E-state index in [1.165, 1.54) is 16.7 Å². The van der Waals surface area contributed by atoms with Gasteiger partial charge in [0.1, 0.15) is 0 Å². The number of amides is 1. The lowest BCUT2D eigenvalue weighted by Crippen LogP contribution is -3.12. The Labute approximate surface area is 139 Å². The van der Waals surface area contributed by atoms with Crippen LogP contribution in [0.2, 0.25) is 0 Å². The Hall–Kier alpha value is -1.86. The predicted molar refractivity (Wildman–Crippen MR) is 87.5 cm³/mol. The van der Waals surface area contributed by atoms with Crippen molar-refractivity contribution in [3.63, 3.8) is 0 Å². The van der Waals surface area contributed by atoms with Crippen molar-refractivity contribution >= 4 is 17.7 Å². The largest absolute Gasteiger partial charge is 0.416 e. The molecule has 1 aliphatic rings. The Morgan fingerprint density at radius 1 is 1.26 bits per heavy atom. The van der Waals surface area contributed by atoms with Gasteiger partial charge in [-0.25, -0.2) is 0 Å². The fourth-order valence-corrected chi connectivity index (χ4v) is 3.17. The van der Waals surface area contributed by atoms with Gasteiger partial charge in [0, 0.05) is 0 Å². The lowest BCUT2D eigenvalue weighted by Gasteiger charge is -2.29. The molecule has 6 nitrogen and oxygen atoms in total. The van der Waals surface area contributed by atoms with Crippen molar-refractivity contribution in [2.24, 2.45) is 0 Å². The SMILES string of the molecule is C[NH+]1CCN(C(=O)CSc2nnc(Cc3ccccc3)o2)CC1. The topological polar surface area (TPSA) is 63.7 Å². The Morgan fingerprint density at radius 3 is 2.74 bits per heavy atom. The molecular weight excluding hydrogens is 312 g/mol. The van der Waals surface area contributed by atoms with Gasteiger partial charge >= 0.3 is 0 Å². The molecule has 1 fully saturated rings. The lowest BCUT2D eigenvalue weighted by molar-refractivity contribution is -0.883. The summed E-state index contributed by atoms with van der Waals surface area (Å²) in [6.07, 6.45) is 0.615. The molecule has 1 aromatic heterocycles. The molecule has 2 aromatic rings. The predicted octanol–water partition coefficient (Wildman–Crippen LogP) is 0.109. The van der Waals surface area contributed by atoms with Gasteiger partial charge in [0.05, 0.1) is 45.4 Å². The van der Waals surface area contributed by atoms with Crippen LogP contribution >= 0.6 is 11.8 Å². The lowest BCUT2D eigenvalue weighted by atomic mass is 10.2.